The van der Waals surface area contributed by atoms with Crippen molar-refractivity contribution in [3.05, 3.63) is 23.2 Å². The van der Waals surface area contributed by atoms with E-state index in [4.69, 9.17) is 10.2 Å². The summed E-state index contributed by atoms with van der Waals surface area (Å²) in [6.45, 7) is 14.9. The Morgan fingerprint density at radius 1 is 1.10 bits per heavy atom. The summed E-state index contributed by atoms with van der Waals surface area (Å²) in [6.07, 6.45) is 2.48. The molecule has 3 nitrogen and oxygen atoms in total. The smallest absolute Gasteiger partial charge is 0.120 e. The molecule has 1 aromatic heterocycles. The largest absolute Gasteiger partial charge is 0.463 e. The Kier molecular flexibility index (Phi) is 7.31. The molecule has 0 amide bonds. The van der Waals surface area contributed by atoms with E-state index in [1.165, 1.54) is 18.4 Å². The average molecular weight is 280 g/mol. The number of aryl methyl sites for hydroxylation is 1. The van der Waals surface area contributed by atoms with Gasteiger partial charge in [0.25, 0.3) is 0 Å². The van der Waals surface area contributed by atoms with Crippen LogP contribution in [0.1, 0.15) is 57.6 Å². The first-order valence-corrected chi connectivity index (χ1v) is 7.93. The fourth-order valence-electron chi connectivity index (χ4n) is 2.24. The molecule has 0 atom stereocenters. The molecular formula is C17H32N2O. The Bertz CT molecular complexity index is 370. The molecule has 0 aliphatic rings. The molecule has 0 radical (unpaired) electrons. The molecule has 1 heterocycles. The highest BCUT2D eigenvalue weighted by Crippen LogP contribution is 2.17. The van der Waals surface area contributed by atoms with Crippen molar-refractivity contribution in [3.63, 3.8) is 0 Å². The molecule has 0 unspecified atom stereocenters. The van der Waals surface area contributed by atoms with E-state index in [-0.39, 0.29) is 0 Å². The number of nitrogens with two attached hydrogens (primary N) is 1. The SMILES string of the molecule is Cc1cc(CN(CCC(C)C)CCC(C)C)oc1CN. The monoisotopic (exact) mass is 280 g/mol. The van der Waals surface area contributed by atoms with Gasteiger partial charge in [-0.15, -0.1) is 0 Å². The minimum atomic E-state index is 0.490. The summed E-state index contributed by atoms with van der Waals surface area (Å²) in [7, 11) is 0. The van der Waals surface area contributed by atoms with E-state index in [0.29, 0.717) is 6.54 Å². The molecule has 116 valence electrons. The second kappa shape index (κ2) is 8.48. The van der Waals surface area contributed by atoms with E-state index in [0.717, 1.165) is 43.0 Å². The van der Waals surface area contributed by atoms with Gasteiger partial charge in [-0.1, -0.05) is 27.7 Å². The lowest BCUT2D eigenvalue weighted by molar-refractivity contribution is 0.217. The number of nitrogens with zero attached hydrogens (tertiary/aromatic N) is 1. The van der Waals surface area contributed by atoms with E-state index in [2.05, 4.69) is 45.6 Å². The van der Waals surface area contributed by atoms with E-state index in [1.54, 1.807) is 0 Å². The molecule has 1 rings (SSSR count). The van der Waals surface area contributed by atoms with Gasteiger partial charge >= 0.3 is 0 Å². The predicted octanol–water partition coefficient (Wildman–Crippen LogP) is 3.94. The molecule has 0 aliphatic heterocycles. The zero-order chi connectivity index (χ0) is 15.1. The average Bonchev–Trinajstić information content (AvgIpc) is 2.72. The molecule has 3 heteroatoms. The summed E-state index contributed by atoms with van der Waals surface area (Å²) in [4.78, 5) is 2.51. The maximum absolute atomic E-state index is 5.84. The summed E-state index contributed by atoms with van der Waals surface area (Å²) in [5.74, 6) is 3.46. The highest BCUT2D eigenvalue weighted by Gasteiger charge is 2.12. The number of hydrogen-bond acceptors (Lipinski definition) is 3. The second-order valence-electron chi connectivity index (χ2n) is 6.66. The van der Waals surface area contributed by atoms with Gasteiger partial charge in [0.1, 0.15) is 11.5 Å². The molecule has 0 saturated heterocycles. The van der Waals surface area contributed by atoms with Crippen molar-refractivity contribution in [2.45, 2.75) is 60.5 Å². The van der Waals surface area contributed by atoms with Crippen LogP contribution < -0.4 is 5.73 Å². The van der Waals surface area contributed by atoms with Crippen LogP contribution in [-0.4, -0.2) is 18.0 Å². The number of rotatable bonds is 9. The molecule has 0 saturated carbocycles. The minimum Gasteiger partial charge on any atom is -0.463 e. The van der Waals surface area contributed by atoms with E-state index >= 15 is 0 Å². The molecule has 0 aromatic carbocycles. The molecule has 0 bridgehead atoms. The lowest BCUT2D eigenvalue weighted by Gasteiger charge is -2.23. The maximum Gasteiger partial charge on any atom is 0.120 e. The maximum atomic E-state index is 5.84. The van der Waals surface area contributed by atoms with Crippen LogP contribution >= 0.6 is 0 Å². The van der Waals surface area contributed by atoms with Crippen LogP contribution in [0.5, 0.6) is 0 Å². The van der Waals surface area contributed by atoms with Crippen molar-refractivity contribution >= 4 is 0 Å². The van der Waals surface area contributed by atoms with E-state index in [1.807, 2.05) is 0 Å². The van der Waals surface area contributed by atoms with Crippen LogP contribution in [0.3, 0.4) is 0 Å². The van der Waals surface area contributed by atoms with Crippen LogP contribution in [0.15, 0.2) is 10.5 Å². The Labute approximate surface area is 124 Å². The van der Waals surface area contributed by atoms with Gasteiger partial charge in [0.2, 0.25) is 0 Å². The number of furan rings is 1. The third kappa shape index (κ3) is 6.10. The second-order valence-corrected chi connectivity index (χ2v) is 6.66. The summed E-state index contributed by atoms with van der Waals surface area (Å²) in [5.41, 5.74) is 6.86. The summed E-state index contributed by atoms with van der Waals surface area (Å²) < 4.78 is 5.84. The fraction of sp³-hybridized carbons (Fsp3) is 0.765. The highest BCUT2D eigenvalue weighted by atomic mass is 16.3. The molecule has 0 fully saturated rings. The van der Waals surface area contributed by atoms with Crippen LogP contribution in [-0.2, 0) is 13.1 Å². The summed E-state index contributed by atoms with van der Waals surface area (Å²) in [6, 6.07) is 2.14. The van der Waals surface area contributed by atoms with Gasteiger partial charge in [-0.3, -0.25) is 4.90 Å². The zero-order valence-corrected chi connectivity index (χ0v) is 13.9. The minimum absolute atomic E-state index is 0.490. The van der Waals surface area contributed by atoms with Crippen LogP contribution in [0.4, 0.5) is 0 Å². The first kappa shape index (κ1) is 17.3. The Morgan fingerprint density at radius 3 is 2.05 bits per heavy atom. The first-order chi connectivity index (χ1) is 9.42. The molecule has 0 spiro atoms. The first-order valence-electron chi connectivity index (χ1n) is 7.93. The van der Waals surface area contributed by atoms with Gasteiger partial charge in [0, 0.05) is 0 Å². The summed E-state index contributed by atoms with van der Waals surface area (Å²) >= 11 is 0. The molecule has 1 aromatic rings. The van der Waals surface area contributed by atoms with Crippen LogP contribution in [0, 0.1) is 18.8 Å². The van der Waals surface area contributed by atoms with Crippen molar-refractivity contribution < 1.29 is 4.42 Å². The lowest BCUT2D eigenvalue weighted by Crippen LogP contribution is -2.27. The van der Waals surface area contributed by atoms with E-state index in [9.17, 15) is 0 Å². The van der Waals surface area contributed by atoms with Gasteiger partial charge in [-0.05, 0) is 56.3 Å². The number of hydrogen-bond donors (Lipinski definition) is 1. The van der Waals surface area contributed by atoms with Crippen molar-refractivity contribution in [1.29, 1.82) is 0 Å². The molecule has 20 heavy (non-hydrogen) atoms. The normalized spacial score (nSPS) is 12.1. The Hall–Kier alpha value is -0.800. The van der Waals surface area contributed by atoms with Crippen molar-refractivity contribution in [2.75, 3.05) is 13.1 Å². The fourth-order valence-corrected chi connectivity index (χ4v) is 2.24. The molecule has 2 N–H and O–H groups in total. The lowest BCUT2D eigenvalue weighted by atomic mass is 10.1. The van der Waals surface area contributed by atoms with Gasteiger partial charge < -0.3 is 10.2 Å². The Balaban J connectivity index is 2.61. The Morgan fingerprint density at radius 2 is 1.65 bits per heavy atom. The third-order valence-electron chi connectivity index (χ3n) is 3.68. The highest BCUT2D eigenvalue weighted by molar-refractivity contribution is 5.19. The van der Waals surface area contributed by atoms with Crippen LogP contribution in [0.2, 0.25) is 0 Å². The van der Waals surface area contributed by atoms with Crippen molar-refractivity contribution in [2.24, 2.45) is 17.6 Å². The van der Waals surface area contributed by atoms with Gasteiger partial charge in [-0.25, -0.2) is 0 Å². The quantitative estimate of drug-likeness (QED) is 0.745. The topological polar surface area (TPSA) is 42.4 Å². The third-order valence-corrected chi connectivity index (χ3v) is 3.68. The van der Waals surface area contributed by atoms with E-state index < -0.39 is 0 Å². The summed E-state index contributed by atoms with van der Waals surface area (Å²) in [5, 5.41) is 0. The van der Waals surface area contributed by atoms with Gasteiger partial charge in [0.05, 0.1) is 13.1 Å². The zero-order valence-electron chi connectivity index (χ0n) is 13.9. The van der Waals surface area contributed by atoms with Gasteiger partial charge in [-0.2, -0.15) is 0 Å². The molecule has 0 aliphatic carbocycles. The standard InChI is InChI=1S/C17H32N2O/c1-13(2)6-8-19(9-7-14(3)4)12-16-10-15(5)17(11-18)20-16/h10,13-14H,6-9,11-12,18H2,1-5H3. The van der Waals surface area contributed by atoms with Gasteiger partial charge in [0.15, 0.2) is 0 Å². The predicted molar refractivity (Wildman–Crippen MR) is 85.5 cm³/mol. The van der Waals surface area contributed by atoms with Crippen molar-refractivity contribution in [1.82, 2.24) is 4.90 Å². The van der Waals surface area contributed by atoms with Crippen LogP contribution in [0.25, 0.3) is 0 Å². The van der Waals surface area contributed by atoms with Crippen molar-refractivity contribution in [3.8, 4) is 0 Å². The molecular weight excluding hydrogens is 248 g/mol.